The van der Waals surface area contributed by atoms with E-state index in [1.54, 1.807) is 6.92 Å². The molecule has 0 saturated carbocycles. The van der Waals surface area contributed by atoms with Crippen LogP contribution in [0.15, 0.2) is 0 Å². The molecule has 6 nitrogen and oxygen atoms in total. The molecule has 0 atom stereocenters. The number of nitrogens with zero attached hydrogens (tertiary/aromatic N) is 2. The molecule has 0 saturated heterocycles. The van der Waals surface area contributed by atoms with Crippen molar-refractivity contribution in [2.24, 2.45) is 5.41 Å². The second-order valence-electron chi connectivity index (χ2n) is 7.85. The number of benzene rings is 1. The summed E-state index contributed by atoms with van der Waals surface area (Å²) in [6, 6.07) is 0. The van der Waals surface area contributed by atoms with Crippen molar-refractivity contribution in [2.75, 3.05) is 23.3 Å². The Kier molecular flexibility index (Phi) is 5.40. The molecule has 0 radical (unpaired) electrons. The number of nitrogens with one attached hydrogen (secondary N) is 1. The van der Waals surface area contributed by atoms with Crippen molar-refractivity contribution in [3.05, 3.63) is 26.8 Å². The van der Waals surface area contributed by atoms with Gasteiger partial charge in [-0.2, -0.15) is 0 Å². The molecule has 0 spiro atoms. The summed E-state index contributed by atoms with van der Waals surface area (Å²) in [6.45, 7) is 13.0. The molecule has 0 unspecified atom stereocenters. The Hall–Kier alpha value is -2.11. The predicted octanol–water partition coefficient (Wildman–Crippen LogP) is 4.36. The highest BCUT2D eigenvalue weighted by Gasteiger charge is 2.34. The average molecular weight is 347 g/mol. The molecule has 0 aromatic heterocycles. The van der Waals surface area contributed by atoms with E-state index in [1.807, 2.05) is 27.7 Å². The molecule has 1 amide bonds. The van der Waals surface area contributed by atoms with E-state index in [9.17, 15) is 14.9 Å². The van der Waals surface area contributed by atoms with Gasteiger partial charge in [0.15, 0.2) is 0 Å². The molecule has 6 heteroatoms. The number of carbonyl (C=O) groups is 1. The van der Waals surface area contributed by atoms with Crippen molar-refractivity contribution in [3.8, 4) is 0 Å². The van der Waals surface area contributed by atoms with Gasteiger partial charge in [-0.15, -0.1) is 0 Å². The summed E-state index contributed by atoms with van der Waals surface area (Å²) >= 11 is 0. The second kappa shape index (κ2) is 7.02. The molecule has 25 heavy (non-hydrogen) atoms. The minimum atomic E-state index is -0.564. The smallest absolute Gasteiger partial charge is 0.277 e. The summed E-state index contributed by atoms with van der Waals surface area (Å²) in [6.07, 6.45) is 2.92. The number of nitro benzene ring substituents is 1. The minimum Gasteiger partial charge on any atom is -0.369 e. The molecule has 0 aliphatic carbocycles. The zero-order valence-corrected chi connectivity index (χ0v) is 16.2. The van der Waals surface area contributed by atoms with Gasteiger partial charge >= 0.3 is 0 Å². The fraction of sp³-hybridized carbons (Fsp3) is 0.632. The van der Waals surface area contributed by atoms with E-state index in [0.29, 0.717) is 11.3 Å². The minimum absolute atomic E-state index is 0.125. The maximum absolute atomic E-state index is 12.6. The Labute approximate surface area is 149 Å². The number of carbonyl (C=O) groups excluding carboxylic acids is 1. The zero-order valence-electron chi connectivity index (χ0n) is 16.2. The van der Waals surface area contributed by atoms with Gasteiger partial charge < -0.3 is 10.2 Å². The molecule has 138 valence electrons. The fourth-order valence-corrected chi connectivity index (χ4v) is 3.36. The van der Waals surface area contributed by atoms with Crippen LogP contribution in [0.5, 0.6) is 0 Å². The Bertz CT molecular complexity index is 705. The van der Waals surface area contributed by atoms with Gasteiger partial charge in [-0.25, -0.2) is 0 Å². The van der Waals surface area contributed by atoms with Gasteiger partial charge in [-0.3, -0.25) is 14.9 Å². The molecule has 1 aromatic carbocycles. The summed E-state index contributed by atoms with van der Waals surface area (Å²) in [5.41, 5.74) is 3.42. The van der Waals surface area contributed by atoms with Crippen molar-refractivity contribution in [3.63, 3.8) is 0 Å². The quantitative estimate of drug-likeness (QED) is 0.634. The molecule has 1 aliphatic rings. The van der Waals surface area contributed by atoms with Crippen molar-refractivity contribution in [1.82, 2.24) is 0 Å². The Morgan fingerprint density at radius 2 is 1.92 bits per heavy atom. The van der Waals surface area contributed by atoms with Gasteiger partial charge in [-0.05, 0) is 32.3 Å². The van der Waals surface area contributed by atoms with E-state index < -0.39 is 5.41 Å². The largest absolute Gasteiger partial charge is 0.369 e. The number of fused-ring (bicyclic) bond motifs is 1. The molecule has 0 fully saturated rings. The van der Waals surface area contributed by atoms with Gasteiger partial charge in [0.05, 0.1) is 21.9 Å². The van der Waals surface area contributed by atoms with E-state index in [1.165, 1.54) is 0 Å². The number of amides is 1. The molecular weight excluding hydrogens is 318 g/mol. The van der Waals surface area contributed by atoms with Crippen LogP contribution < -0.4 is 10.2 Å². The fourth-order valence-electron chi connectivity index (χ4n) is 3.36. The second-order valence-corrected chi connectivity index (χ2v) is 7.85. The Morgan fingerprint density at radius 3 is 2.44 bits per heavy atom. The van der Waals surface area contributed by atoms with Crippen molar-refractivity contribution in [1.29, 1.82) is 0 Å². The number of rotatable bonds is 5. The van der Waals surface area contributed by atoms with Crippen LogP contribution in [0.1, 0.15) is 57.2 Å². The third-order valence-electron chi connectivity index (χ3n) is 4.89. The van der Waals surface area contributed by atoms with Crippen molar-refractivity contribution in [2.45, 2.75) is 60.8 Å². The molecule has 1 aliphatic heterocycles. The summed E-state index contributed by atoms with van der Waals surface area (Å²) in [4.78, 5) is 26.1. The number of hydrogen-bond donors (Lipinski definition) is 1. The highest BCUT2D eigenvalue weighted by atomic mass is 16.6. The monoisotopic (exact) mass is 347 g/mol. The normalized spacial score (nSPS) is 13.8. The van der Waals surface area contributed by atoms with Crippen LogP contribution in [0.2, 0.25) is 0 Å². The topological polar surface area (TPSA) is 75.5 Å². The van der Waals surface area contributed by atoms with E-state index in [2.05, 4.69) is 17.1 Å². The van der Waals surface area contributed by atoms with E-state index >= 15 is 0 Å². The third kappa shape index (κ3) is 3.62. The lowest BCUT2D eigenvalue weighted by atomic mass is 9.93. The average Bonchev–Trinajstić information content (AvgIpc) is 2.92. The van der Waals surface area contributed by atoms with Gasteiger partial charge in [0.25, 0.3) is 5.69 Å². The van der Waals surface area contributed by atoms with E-state index in [-0.39, 0.29) is 16.5 Å². The number of hydrogen-bond acceptors (Lipinski definition) is 4. The Morgan fingerprint density at radius 1 is 1.28 bits per heavy atom. The van der Waals surface area contributed by atoms with Crippen LogP contribution in [-0.4, -0.2) is 23.9 Å². The van der Waals surface area contributed by atoms with Gasteiger partial charge in [0.1, 0.15) is 0 Å². The van der Waals surface area contributed by atoms with Crippen molar-refractivity contribution < 1.29 is 9.72 Å². The predicted molar refractivity (Wildman–Crippen MR) is 101 cm³/mol. The lowest BCUT2D eigenvalue weighted by molar-refractivity contribution is -0.386. The van der Waals surface area contributed by atoms with Crippen LogP contribution in [0, 0.1) is 29.4 Å². The molecule has 1 aromatic rings. The van der Waals surface area contributed by atoms with Gasteiger partial charge in [0, 0.05) is 24.1 Å². The summed E-state index contributed by atoms with van der Waals surface area (Å²) in [5, 5.41) is 14.6. The van der Waals surface area contributed by atoms with Crippen molar-refractivity contribution >= 4 is 23.0 Å². The molecule has 1 heterocycles. The number of anilines is 2. The number of nitro groups is 1. The van der Waals surface area contributed by atoms with E-state index in [4.69, 9.17) is 0 Å². The van der Waals surface area contributed by atoms with Crippen LogP contribution in [0.3, 0.4) is 0 Å². The standard InChI is InChI=1S/C19H29N3O3/c1-7-8-10-21-11-9-14-12(2)16(22(24)25)13(3)15(17(14)21)20-18(23)19(4,5)6/h7-11H2,1-6H3,(H,20,23). The first kappa shape index (κ1) is 19.2. The van der Waals surface area contributed by atoms with Gasteiger partial charge in [0.2, 0.25) is 5.91 Å². The zero-order chi connectivity index (χ0) is 18.9. The lowest BCUT2D eigenvalue weighted by Gasteiger charge is -2.26. The SMILES string of the molecule is CCCCN1CCc2c(C)c([N+](=O)[O-])c(C)c(NC(=O)C(C)(C)C)c21. The van der Waals surface area contributed by atoms with Crippen LogP contribution in [-0.2, 0) is 11.2 Å². The van der Waals surface area contributed by atoms with Gasteiger partial charge in [-0.1, -0.05) is 34.1 Å². The molecular formula is C19H29N3O3. The maximum atomic E-state index is 12.6. The summed E-state index contributed by atoms with van der Waals surface area (Å²) < 4.78 is 0. The lowest BCUT2D eigenvalue weighted by Crippen LogP contribution is -2.30. The molecule has 0 bridgehead atoms. The first-order chi connectivity index (χ1) is 11.6. The first-order valence-corrected chi connectivity index (χ1v) is 8.96. The summed E-state index contributed by atoms with van der Waals surface area (Å²) in [5.74, 6) is -0.127. The third-order valence-corrected chi connectivity index (χ3v) is 4.89. The highest BCUT2D eigenvalue weighted by molar-refractivity contribution is 6.00. The number of unbranched alkanes of at least 4 members (excludes halogenated alkanes) is 1. The molecule has 2 rings (SSSR count). The van der Waals surface area contributed by atoms with E-state index in [0.717, 1.165) is 49.2 Å². The van der Waals surface area contributed by atoms with Crippen LogP contribution in [0.4, 0.5) is 17.1 Å². The summed E-state index contributed by atoms with van der Waals surface area (Å²) in [7, 11) is 0. The molecule has 1 N–H and O–H groups in total. The first-order valence-electron chi connectivity index (χ1n) is 8.96. The highest BCUT2D eigenvalue weighted by Crippen LogP contribution is 2.45. The van der Waals surface area contributed by atoms with Crippen LogP contribution >= 0.6 is 0 Å². The Balaban J connectivity index is 2.62. The van der Waals surface area contributed by atoms with Crippen LogP contribution in [0.25, 0.3) is 0 Å². The maximum Gasteiger partial charge on any atom is 0.277 e.